The first-order valence-corrected chi connectivity index (χ1v) is 7.55. The van der Waals surface area contributed by atoms with Gasteiger partial charge in [-0.05, 0) is 6.07 Å². The molecule has 1 aromatic heterocycles. The Morgan fingerprint density at radius 3 is 2.21 bits per heavy atom. The van der Waals surface area contributed by atoms with Crippen molar-refractivity contribution in [1.82, 2.24) is 4.98 Å². The van der Waals surface area contributed by atoms with Crippen LogP contribution in [0, 0.1) is 20.2 Å². The number of nitrogens with zero attached hydrogens (tertiary/aromatic N) is 3. The Morgan fingerprint density at radius 2 is 1.79 bits per heavy atom. The topological polar surface area (TPSA) is 154 Å². The van der Waals surface area contributed by atoms with Crippen LogP contribution < -0.4 is 11.1 Å². The molecule has 0 aliphatic heterocycles. The first kappa shape index (κ1) is 21.1. The van der Waals surface area contributed by atoms with E-state index < -0.39 is 55.4 Å². The van der Waals surface area contributed by atoms with E-state index in [0.29, 0.717) is 0 Å². The Labute approximate surface area is 162 Å². The molecule has 1 heterocycles. The summed E-state index contributed by atoms with van der Waals surface area (Å²) >= 11 is 11.3. The summed E-state index contributed by atoms with van der Waals surface area (Å²) in [5.41, 5.74) is -0.553. The summed E-state index contributed by atoms with van der Waals surface area (Å²) in [4.78, 5) is 34.7. The molecule has 0 fully saturated rings. The molecule has 0 radical (unpaired) electrons. The lowest BCUT2D eigenvalue weighted by Crippen LogP contribution is -2.13. The molecule has 28 heavy (non-hydrogen) atoms. The fraction of sp³-hybridized carbons (Fsp3) is 0.0769. The maximum absolute atomic E-state index is 13.1. The quantitative estimate of drug-likeness (QED) is 0.525. The van der Waals surface area contributed by atoms with Gasteiger partial charge in [-0.2, -0.15) is 13.2 Å². The van der Waals surface area contributed by atoms with Crippen molar-refractivity contribution in [3.63, 3.8) is 0 Å². The van der Waals surface area contributed by atoms with Gasteiger partial charge in [0.15, 0.2) is 5.69 Å². The maximum atomic E-state index is 13.1. The Bertz CT molecular complexity index is 1020. The highest BCUT2D eigenvalue weighted by Gasteiger charge is 2.42. The fourth-order valence-corrected chi connectivity index (χ4v) is 2.60. The number of pyridine rings is 1. The van der Waals surface area contributed by atoms with Crippen LogP contribution in [0.4, 0.5) is 36.1 Å². The zero-order chi connectivity index (χ0) is 21.4. The predicted molar refractivity (Wildman–Crippen MR) is 90.8 cm³/mol. The highest BCUT2D eigenvalue weighted by atomic mass is 35.5. The van der Waals surface area contributed by atoms with E-state index >= 15 is 0 Å². The Kier molecular flexibility index (Phi) is 5.61. The number of rotatable bonds is 5. The van der Waals surface area contributed by atoms with Crippen molar-refractivity contribution >= 4 is 52.0 Å². The lowest BCUT2D eigenvalue weighted by atomic mass is 10.1. The van der Waals surface area contributed by atoms with Gasteiger partial charge < -0.3 is 11.1 Å². The number of amides is 1. The molecule has 15 heteroatoms. The number of nitro benzene ring substituents is 2. The van der Waals surface area contributed by atoms with Crippen molar-refractivity contribution in [3.8, 4) is 0 Å². The number of hydrogen-bond acceptors (Lipinski definition) is 7. The van der Waals surface area contributed by atoms with Gasteiger partial charge in [0, 0.05) is 12.3 Å². The van der Waals surface area contributed by atoms with Gasteiger partial charge in [-0.25, -0.2) is 4.98 Å². The number of nitrogens with two attached hydrogens (primary N) is 1. The summed E-state index contributed by atoms with van der Waals surface area (Å²) in [5, 5.41) is 22.9. The van der Waals surface area contributed by atoms with E-state index in [1.165, 1.54) is 0 Å². The van der Waals surface area contributed by atoms with E-state index in [2.05, 4.69) is 10.3 Å². The second-order valence-corrected chi connectivity index (χ2v) is 5.82. The van der Waals surface area contributed by atoms with Crippen LogP contribution >= 0.6 is 23.2 Å². The number of anilines is 2. The SMILES string of the molecule is NC(=O)c1cnc(Nc2c([N+](=O)[O-])cc(C(F)(F)F)c(Cl)c2[N+](=O)[O-])c(Cl)c1. The minimum absolute atomic E-state index is 0.0450. The normalized spacial score (nSPS) is 11.2. The number of carbonyl (C=O) groups excluding carboxylic acids is 1. The smallest absolute Gasteiger partial charge is 0.366 e. The van der Waals surface area contributed by atoms with E-state index in [9.17, 15) is 38.2 Å². The van der Waals surface area contributed by atoms with Gasteiger partial charge in [0.1, 0.15) is 10.8 Å². The monoisotopic (exact) mass is 439 g/mol. The highest BCUT2D eigenvalue weighted by Crippen LogP contribution is 2.48. The molecule has 3 N–H and O–H groups in total. The molecule has 2 aromatic rings. The molecule has 1 aromatic carbocycles. The Balaban J connectivity index is 2.76. The van der Waals surface area contributed by atoms with E-state index in [1.807, 2.05) is 0 Å². The van der Waals surface area contributed by atoms with Crippen molar-refractivity contribution in [3.05, 3.63) is 59.7 Å². The fourth-order valence-electron chi connectivity index (χ4n) is 2.06. The van der Waals surface area contributed by atoms with E-state index in [4.69, 9.17) is 28.9 Å². The molecular weight excluding hydrogens is 434 g/mol. The van der Waals surface area contributed by atoms with Gasteiger partial charge >= 0.3 is 17.6 Å². The van der Waals surface area contributed by atoms with E-state index in [-0.39, 0.29) is 16.7 Å². The number of carbonyl (C=O) groups is 1. The van der Waals surface area contributed by atoms with Gasteiger partial charge in [0.2, 0.25) is 5.91 Å². The Hall–Kier alpha value is -3.19. The molecule has 1 amide bonds. The summed E-state index contributed by atoms with van der Waals surface area (Å²) in [5.74, 6) is -1.33. The van der Waals surface area contributed by atoms with Crippen molar-refractivity contribution in [2.24, 2.45) is 5.73 Å². The standard InChI is InChI=1S/C13H6Cl2F3N5O5/c14-6-1-4(11(19)24)3-20-12(6)21-9-7(22(25)26)2-5(13(16,17)18)8(15)10(9)23(27)28/h1-3H,(H2,19,24)(H,20,21). The molecule has 10 nitrogen and oxygen atoms in total. The summed E-state index contributed by atoms with van der Waals surface area (Å²) in [6, 6.07) is 1.05. The maximum Gasteiger partial charge on any atom is 0.418 e. The van der Waals surface area contributed by atoms with E-state index in [0.717, 1.165) is 12.3 Å². The van der Waals surface area contributed by atoms with Crippen LogP contribution in [0.25, 0.3) is 0 Å². The van der Waals surface area contributed by atoms with Crippen molar-refractivity contribution in [2.75, 3.05) is 5.32 Å². The second kappa shape index (κ2) is 7.44. The predicted octanol–water partition coefficient (Wildman–Crippen LogP) is 4.07. The van der Waals surface area contributed by atoms with Crippen LogP contribution in [0.2, 0.25) is 10.0 Å². The number of primary amides is 1. The summed E-state index contributed by atoms with van der Waals surface area (Å²) in [6.45, 7) is 0. The number of aromatic nitrogens is 1. The van der Waals surface area contributed by atoms with Crippen LogP contribution in [-0.2, 0) is 6.18 Å². The number of halogens is 5. The third kappa shape index (κ3) is 4.04. The molecular formula is C13H6Cl2F3N5O5. The summed E-state index contributed by atoms with van der Waals surface area (Å²) in [7, 11) is 0. The average Bonchev–Trinajstić information content (AvgIpc) is 2.54. The third-order valence-corrected chi connectivity index (χ3v) is 3.94. The van der Waals surface area contributed by atoms with Crippen LogP contribution in [0.3, 0.4) is 0 Å². The van der Waals surface area contributed by atoms with Gasteiger partial charge in [-0.3, -0.25) is 25.0 Å². The molecule has 2 rings (SSSR count). The molecule has 0 atom stereocenters. The first-order chi connectivity index (χ1) is 12.8. The molecule has 0 spiro atoms. The number of nitro groups is 2. The van der Waals surface area contributed by atoms with E-state index in [1.54, 1.807) is 0 Å². The molecule has 0 unspecified atom stereocenters. The van der Waals surface area contributed by atoms with Gasteiger partial charge in [0.25, 0.3) is 0 Å². The lowest BCUT2D eigenvalue weighted by molar-refractivity contribution is -0.392. The van der Waals surface area contributed by atoms with Crippen LogP contribution in [0.5, 0.6) is 0 Å². The number of nitrogens with one attached hydrogen (secondary N) is 1. The zero-order valence-electron chi connectivity index (χ0n) is 13.1. The lowest BCUT2D eigenvalue weighted by Gasteiger charge is -2.14. The minimum atomic E-state index is -5.19. The molecule has 148 valence electrons. The van der Waals surface area contributed by atoms with Crippen molar-refractivity contribution in [2.45, 2.75) is 6.18 Å². The molecule has 0 saturated heterocycles. The van der Waals surface area contributed by atoms with Crippen LogP contribution in [-0.4, -0.2) is 20.7 Å². The third-order valence-electron chi connectivity index (χ3n) is 3.27. The van der Waals surface area contributed by atoms with Crippen molar-refractivity contribution < 1.29 is 27.8 Å². The van der Waals surface area contributed by atoms with Gasteiger partial charge in [-0.15, -0.1) is 0 Å². The summed E-state index contributed by atoms with van der Waals surface area (Å²) < 4.78 is 39.2. The minimum Gasteiger partial charge on any atom is -0.366 e. The second-order valence-electron chi connectivity index (χ2n) is 5.04. The molecule has 0 aliphatic rings. The zero-order valence-corrected chi connectivity index (χ0v) is 14.6. The molecule has 0 aliphatic carbocycles. The average molecular weight is 440 g/mol. The van der Waals surface area contributed by atoms with Gasteiger partial charge in [0.05, 0.1) is 26.0 Å². The molecule has 0 saturated carbocycles. The van der Waals surface area contributed by atoms with Crippen LogP contribution in [0.15, 0.2) is 18.3 Å². The first-order valence-electron chi connectivity index (χ1n) is 6.79. The Morgan fingerprint density at radius 1 is 1.18 bits per heavy atom. The van der Waals surface area contributed by atoms with Crippen molar-refractivity contribution in [1.29, 1.82) is 0 Å². The highest BCUT2D eigenvalue weighted by molar-refractivity contribution is 6.35. The number of benzene rings is 1. The van der Waals surface area contributed by atoms with Gasteiger partial charge in [-0.1, -0.05) is 23.2 Å². The largest absolute Gasteiger partial charge is 0.418 e. The van der Waals surface area contributed by atoms with Crippen LogP contribution in [0.1, 0.15) is 15.9 Å². The summed E-state index contributed by atoms with van der Waals surface area (Å²) in [6.07, 6.45) is -4.29. The number of hydrogen-bond donors (Lipinski definition) is 2. The number of alkyl halides is 3. The molecule has 0 bridgehead atoms.